The summed E-state index contributed by atoms with van der Waals surface area (Å²) in [5.41, 5.74) is 35.6. The Morgan fingerprint density at radius 2 is 0.477 bits per heavy atom. The predicted octanol–water partition coefficient (Wildman–Crippen LogP) is 34.6. The highest BCUT2D eigenvalue weighted by Crippen LogP contribution is 2.55. The number of para-hydroxylation sites is 15. The first kappa shape index (κ1) is 83.6. The van der Waals surface area contributed by atoms with Gasteiger partial charge in [0.2, 0.25) is 0 Å². The van der Waals surface area contributed by atoms with Gasteiger partial charge in [0.15, 0.2) is 17.5 Å². The fourth-order valence-corrected chi connectivity index (χ4v) is 24.7. The molecule has 11 heterocycles. The van der Waals surface area contributed by atoms with Crippen LogP contribution in [-0.4, -0.2) is 57.3 Å². The van der Waals surface area contributed by atoms with E-state index in [4.69, 9.17) is 38.7 Å². The predicted molar refractivity (Wildman–Crippen MR) is 613 cm³/mol. The Bertz CT molecular complexity index is 11300. The number of hydrogen-bond donors (Lipinski definition) is 0. The summed E-state index contributed by atoms with van der Waals surface area (Å²) in [6.45, 7) is 4.69. The number of aromatic nitrogens is 12. The van der Waals surface area contributed by atoms with Gasteiger partial charge in [-0.2, -0.15) is 0 Å². The van der Waals surface area contributed by atoms with E-state index in [9.17, 15) is 0 Å². The number of hydrogen-bond acceptors (Lipinski definition) is 8. The Balaban J connectivity index is 0.000000101. The van der Waals surface area contributed by atoms with Gasteiger partial charge < -0.3 is 22.5 Å². The molecule has 0 saturated heterocycles. The van der Waals surface area contributed by atoms with Crippen molar-refractivity contribution in [2.45, 2.75) is 19.3 Å². The zero-order valence-corrected chi connectivity index (χ0v) is 80.7. The lowest BCUT2D eigenvalue weighted by Crippen LogP contribution is -2.17. The van der Waals surface area contributed by atoms with E-state index in [2.05, 4.69) is 442 Å². The monoisotopic (exact) mass is 1900 g/mol. The average Bonchev–Trinajstić information content (AvgIpc) is 1.54. The fourth-order valence-electron chi connectivity index (χ4n) is 24.7. The Kier molecular flexibility index (Phi) is 18.3. The Labute approximate surface area is 851 Å². The molecule has 0 saturated carbocycles. The van der Waals surface area contributed by atoms with Crippen molar-refractivity contribution in [1.29, 1.82) is 0 Å². The van der Waals surface area contributed by atoms with Crippen molar-refractivity contribution in [2.24, 2.45) is 0 Å². The van der Waals surface area contributed by atoms with Crippen LogP contribution in [0.15, 0.2) is 482 Å². The normalized spacial score (nSPS) is 12.6. The molecule has 696 valence electrons. The van der Waals surface area contributed by atoms with Crippen LogP contribution in [0, 0.1) is 0 Å². The molecule has 0 bridgehead atoms. The van der Waals surface area contributed by atoms with Crippen LogP contribution in [0.1, 0.15) is 25.0 Å². The van der Waals surface area contributed by atoms with Crippen LogP contribution in [0.3, 0.4) is 0 Å². The molecule has 21 aromatic carbocycles. The maximum Gasteiger partial charge on any atom is 0.165 e. The number of fused-ring (bicyclic) bond motifs is 18. The smallest absolute Gasteiger partial charge is 0.165 e. The van der Waals surface area contributed by atoms with Crippen LogP contribution in [0.4, 0.5) is 0 Å². The van der Waals surface area contributed by atoms with E-state index in [1.54, 1.807) is 0 Å². The summed E-state index contributed by atoms with van der Waals surface area (Å²) in [6, 6.07) is 167. The van der Waals surface area contributed by atoms with Crippen molar-refractivity contribution >= 4 is 208 Å². The molecule has 0 N–H and O–H groups in total. The molecule has 0 unspecified atom stereocenters. The minimum Gasteiger partial charge on any atom is -0.456 e. The van der Waals surface area contributed by atoms with Crippen molar-refractivity contribution < 1.29 is 8.83 Å². The lowest BCUT2D eigenvalue weighted by Gasteiger charge is -2.25. The highest BCUT2D eigenvalue weighted by Gasteiger charge is 2.40. The van der Waals surface area contributed by atoms with Crippen LogP contribution in [-0.2, 0) is 5.41 Å². The van der Waals surface area contributed by atoms with Gasteiger partial charge in [-0.3, -0.25) is 13.7 Å². The van der Waals surface area contributed by atoms with Gasteiger partial charge in [-0.25, -0.2) is 29.9 Å². The van der Waals surface area contributed by atoms with Gasteiger partial charge in [0.05, 0.1) is 99.3 Å². The van der Waals surface area contributed by atoms with E-state index in [1.807, 2.05) is 72.8 Å². The van der Waals surface area contributed by atoms with Gasteiger partial charge in [-0.1, -0.05) is 311 Å². The van der Waals surface area contributed by atoms with E-state index < -0.39 is 0 Å². The molecule has 1 aliphatic carbocycles. The summed E-state index contributed by atoms with van der Waals surface area (Å²) in [7, 11) is 0. The number of nitrogens with zero attached hydrogens (tertiary/aromatic N) is 12. The summed E-state index contributed by atoms with van der Waals surface area (Å²) in [5.74, 6) is 2.38. The summed E-state index contributed by atoms with van der Waals surface area (Å²) >= 11 is 0. The van der Waals surface area contributed by atoms with Crippen LogP contribution >= 0.6 is 0 Å². The van der Waals surface area contributed by atoms with Gasteiger partial charge in [0.1, 0.15) is 39.4 Å². The van der Waals surface area contributed by atoms with Crippen molar-refractivity contribution in [3.63, 3.8) is 0 Å². The maximum absolute atomic E-state index is 6.58. The molecule has 14 heteroatoms. The largest absolute Gasteiger partial charge is 0.456 e. The Hall–Kier alpha value is -20.0. The third-order valence-corrected chi connectivity index (χ3v) is 30.9. The zero-order valence-electron chi connectivity index (χ0n) is 80.7. The molecular weight excluding hydrogens is 1820 g/mol. The fraction of sp³-hybridized carbons (Fsp3) is 0.0222. The van der Waals surface area contributed by atoms with Gasteiger partial charge >= 0.3 is 0 Å². The molecule has 0 spiro atoms. The van der Waals surface area contributed by atoms with Crippen LogP contribution in [0.5, 0.6) is 0 Å². The summed E-state index contributed by atoms with van der Waals surface area (Å²) in [5, 5.41) is 18.7. The molecule has 0 fully saturated rings. The summed E-state index contributed by atoms with van der Waals surface area (Å²) in [4.78, 5) is 32.5. The highest BCUT2D eigenvalue weighted by molar-refractivity contribution is 6.32. The Morgan fingerprint density at radius 3 is 0.933 bits per heavy atom. The Morgan fingerprint density at radius 1 is 0.188 bits per heavy atom. The van der Waals surface area contributed by atoms with Crippen molar-refractivity contribution in [3.05, 3.63) is 484 Å². The average molecular weight is 1910 g/mol. The van der Waals surface area contributed by atoms with Crippen molar-refractivity contribution in [2.75, 3.05) is 0 Å². The second kappa shape index (κ2) is 32.5. The summed E-state index contributed by atoms with van der Waals surface area (Å²) < 4.78 is 27.1. The number of benzene rings is 21. The minimum absolute atomic E-state index is 0.213. The first-order valence-electron chi connectivity index (χ1n) is 50.6. The second-order valence-electron chi connectivity index (χ2n) is 39.3. The third kappa shape index (κ3) is 12.5. The summed E-state index contributed by atoms with van der Waals surface area (Å²) in [6.07, 6.45) is 0. The van der Waals surface area contributed by atoms with Crippen molar-refractivity contribution in [3.8, 4) is 79.4 Å². The quantitative estimate of drug-likeness (QED) is 0.139. The van der Waals surface area contributed by atoms with E-state index in [1.165, 1.54) is 92.4 Å². The molecule has 0 amide bonds. The number of rotatable bonds is 9. The van der Waals surface area contributed by atoms with Gasteiger partial charge in [-0.05, 0) is 214 Å². The SMILES string of the molecule is CC1(C)c2ccccc2-c2cccc(-c3nc4ccccc4nc3-n3c4cccc5c6ccccc6n(-c6ccccc6)c6cccc3c6c54)c21.c1ccc(-n2c3ccccc3c3cccc4c3c3c2cccc3n4-c2nc3ccccc3nc2-c2ccc3c(c2)oc2ccccc23)cc1.c1ccc(-n2c3ccccc3c3cccc4c3c3c2cccc3n4-c2nc3ccccc3nc2-c2cccc3c2oc2ccccc23)cc1. The van der Waals surface area contributed by atoms with Gasteiger partial charge in [-0.15, -0.1) is 0 Å². The molecule has 14 nitrogen and oxygen atoms in total. The van der Waals surface area contributed by atoms with Crippen molar-refractivity contribution in [1.82, 2.24) is 57.3 Å². The third-order valence-electron chi connectivity index (χ3n) is 30.9. The van der Waals surface area contributed by atoms with Gasteiger partial charge in [0, 0.05) is 109 Å². The molecular formula is C135H84N12O2. The topological polar surface area (TPSA) is 133 Å². The van der Waals surface area contributed by atoms with Crippen LogP contribution in [0.25, 0.3) is 287 Å². The molecule has 1 aliphatic rings. The lowest BCUT2D eigenvalue weighted by atomic mass is 9.79. The molecule has 11 aromatic heterocycles. The van der Waals surface area contributed by atoms with E-state index in [-0.39, 0.29) is 5.41 Å². The molecule has 32 aromatic rings. The second-order valence-corrected chi connectivity index (χ2v) is 39.3. The molecule has 33 rings (SSSR count). The highest BCUT2D eigenvalue weighted by atomic mass is 16.3. The molecule has 0 atom stereocenters. The standard InChI is InChI=1S/C47H32N4.2C44H26N4O/c1-47(2)35-22-8-6-17-30(35)33-20-12-21-34(44(33)47)45-46(49-37-24-10-9-23-36(37)48-45)51-39-26-13-19-32-31-18-7-11-25-38(31)50(29-15-4-3-5-16-29)40-27-14-28-41(51)43(40)42(32)39;1-2-13-27(14-3-1)47-35-22-8-4-15-28(35)30-17-11-23-36-40(30)41-37(47)24-12-25-38(41)48(36)44-42(45-33-20-6-7-21-34(33)46-44)32-19-10-18-31-29-16-5-9-26-39(29)49-43(31)32;1-2-12-28(13-3-1)47-35-19-8-4-14-29(35)32-16-10-20-36-41(32)42-37(47)21-11-22-38(42)48(36)44-43(45-33-17-6-7-18-34(33)46-44)27-24-25-31-30-15-5-9-23-39(30)49-40(31)26-27/h3-28H,1-2H3;2*1-26H. The van der Waals surface area contributed by atoms with Gasteiger partial charge in [0.25, 0.3) is 0 Å². The molecule has 149 heavy (non-hydrogen) atoms. The first-order chi connectivity index (χ1) is 73.7. The van der Waals surface area contributed by atoms with E-state index in [0.29, 0.717) is 0 Å². The van der Waals surface area contributed by atoms with Crippen LogP contribution in [0.2, 0.25) is 0 Å². The minimum atomic E-state index is -0.213. The number of furan rings is 2. The first-order valence-corrected chi connectivity index (χ1v) is 50.6. The van der Waals surface area contributed by atoms with E-state index in [0.717, 1.165) is 206 Å². The van der Waals surface area contributed by atoms with E-state index >= 15 is 0 Å². The molecule has 0 aliphatic heterocycles. The zero-order chi connectivity index (χ0) is 98.0. The maximum atomic E-state index is 6.58. The van der Waals surface area contributed by atoms with Crippen LogP contribution < -0.4 is 0 Å². The lowest BCUT2D eigenvalue weighted by molar-refractivity contribution is 0.661. The molecule has 0 radical (unpaired) electrons.